The van der Waals surface area contributed by atoms with E-state index in [1.807, 2.05) is 12.1 Å². The van der Waals surface area contributed by atoms with E-state index in [1.165, 1.54) is 6.33 Å². The van der Waals surface area contributed by atoms with Crippen LogP contribution >= 0.6 is 0 Å². The second-order valence-corrected chi connectivity index (χ2v) is 6.93. The SMILES string of the molecule is O=C(NCc1cccnc1-n1cncn1)[C@@H]1CC2(CCNCC2)CN1. The van der Waals surface area contributed by atoms with Crippen LogP contribution in [0.2, 0.25) is 0 Å². The number of nitrogens with one attached hydrogen (secondary N) is 3. The average molecular weight is 341 g/mol. The maximum absolute atomic E-state index is 12.6. The first-order valence-electron chi connectivity index (χ1n) is 8.77. The molecule has 1 spiro atoms. The number of pyridine rings is 1. The first-order chi connectivity index (χ1) is 12.3. The molecular formula is C17H23N7O. The number of rotatable bonds is 4. The van der Waals surface area contributed by atoms with E-state index in [2.05, 4.69) is 31.0 Å². The minimum Gasteiger partial charge on any atom is -0.351 e. The fraction of sp³-hybridized carbons (Fsp3) is 0.529. The first kappa shape index (κ1) is 16.2. The molecule has 0 unspecified atom stereocenters. The number of carbonyl (C=O) groups excluding carboxylic acids is 1. The summed E-state index contributed by atoms with van der Waals surface area (Å²) in [5.41, 5.74) is 1.20. The molecule has 25 heavy (non-hydrogen) atoms. The molecule has 4 rings (SSSR count). The molecule has 4 heterocycles. The summed E-state index contributed by atoms with van der Waals surface area (Å²) >= 11 is 0. The van der Waals surface area contributed by atoms with Crippen LogP contribution < -0.4 is 16.0 Å². The first-order valence-corrected chi connectivity index (χ1v) is 8.77. The van der Waals surface area contributed by atoms with Crippen molar-refractivity contribution in [1.29, 1.82) is 0 Å². The predicted octanol–water partition coefficient (Wildman–Crippen LogP) is 0.0102. The summed E-state index contributed by atoms with van der Waals surface area (Å²) in [4.78, 5) is 20.9. The van der Waals surface area contributed by atoms with Crippen LogP contribution in [-0.2, 0) is 11.3 Å². The Labute approximate surface area is 146 Å². The van der Waals surface area contributed by atoms with Crippen molar-refractivity contribution in [2.45, 2.75) is 31.8 Å². The lowest BCUT2D eigenvalue weighted by Crippen LogP contribution is -2.40. The molecule has 2 aromatic rings. The summed E-state index contributed by atoms with van der Waals surface area (Å²) in [5, 5.41) is 14.0. The quantitative estimate of drug-likeness (QED) is 0.725. The zero-order valence-electron chi connectivity index (χ0n) is 14.1. The molecule has 3 N–H and O–H groups in total. The van der Waals surface area contributed by atoms with Gasteiger partial charge in [0.25, 0.3) is 0 Å². The number of aromatic nitrogens is 4. The smallest absolute Gasteiger partial charge is 0.237 e. The lowest BCUT2D eigenvalue weighted by molar-refractivity contribution is -0.123. The average Bonchev–Trinajstić information content (AvgIpc) is 3.31. The second kappa shape index (κ2) is 6.89. The summed E-state index contributed by atoms with van der Waals surface area (Å²) in [5.74, 6) is 0.748. The zero-order valence-corrected chi connectivity index (χ0v) is 14.1. The topological polar surface area (TPSA) is 96.8 Å². The Bertz CT molecular complexity index is 724. The Kier molecular flexibility index (Phi) is 4.46. The Hall–Kier alpha value is -2.32. The van der Waals surface area contributed by atoms with Crippen LogP contribution in [0, 0.1) is 5.41 Å². The van der Waals surface area contributed by atoms with Crippen molar-refractivity contribution < 1.29 is 4.79 Å². The van der Waals surface area contributed by atoms with Crippen LogP contribution in [0.3, 0.4) is 0 Å². The Morgan fingerprint density at radius 3 is 3.08 bits per heavy atom. The van der Waals surface area contributed by atoms with Crippen molar-refractivity contribution in [3.63, 3.8) is 0 Å². The number of hydrogen-bond acceptors (Lipinski definition) is 6. The highest BCUT2D eigenvalue weighted by atomic mass is 16.2. The molecule has 0 aromatic carbocycles. The third-order valence-electron chi connectivity index (χ3n) is 5.30. The molecule has 0 bridgehead atoms. The van der Waals surface area contributed by atoms with Crippen LogP contribution in [0.5, 0.6) is 0 Å². The lowest BCUT2D eigenvalue weighted by Gasteiger charge is -2.33. The van der Waals surface area contributed by atoms with Crippen LogP contribution in [0.15, 0.2) is 31.0 Å². The van der Waals surface area contributed by atoms with Crippen molar-refractivity contribution in [3.8, 4) is 5.82 Å². The van der Waals surface area contributed by atoms with Gasteiger partial charge in [-0.25, -0.2) is 14.6 Å². The summed E-state index contributed by atoms with van der Waals surface area (Å²) in [6.07, 6.45) is 7.99. The summed E-state index contributed by atoms with van der Waals surface area (Å²) in [7, 11) is 0. The highest BCUT2D eigenvalue weighted by molar-refractivity contribution is 5.82. The van der Waals surface area contributed by atoms with Crippen LogP contribution in [0.1, 0.15) is 24.8 Å². The second-order valence-electron chi connectivity index (χ2n) is 6.93. The van der Waals surface area contributed by atoms with Crippen LogP contribution in [-0.4, -0.2) is 51.3 Å². The molecule has 8 nitrogen and oxygen atoms in total. The van der Waals surface area contributed by atoms with Gasteiger partial charge in [0.2, 0.25) is 5.91 Å². The Balaban J connectivity index is 1.38. The van der Waals surface area contributed by atoms with E-state index in [1.54, 1.807) is 17.2 Å². The van der Waals surface area contributed by atoms with E-state index >= 15 is 0 Å². The molecule has 2 aliphatic heterocycles. The fourth-order valence-corrected chi connectivity index (χ4v) is 3.84. The molecule has 1 atom stereocenters. The number of amides is 1. The highest BCUT2D eigenvalue weighted by Gasteiger charge is 2.41. The van der Waals surface area contributed by atoms with E-state index in [0.717, 1.165) is 44.5 Å². The monoisotopic (exact) mass is 341 g/mol. The van der Waals surface area contributed by atoms with Gasteiger partial charge in [-0.2, -0.15) is 5.10 Å². The van der Waals surface area contributed by atoms with Gasteiger partial charge < -0.3 is 16.0 Å². The number of hydrogen-bond donors (Lipinski definition) is 3. The molecule has 132 valence electrons. The minimum atomic E-state index is -0.107. The zero-order chi connectivity index (χ0) is 17.1. The molecule has 2 saturated heterocycles. The number of carbonyl (C=O) groups is 1. The van der Waals surface area contributed by atoms with Crippen molar-refractivity contribution in [1.82, 2.24) is 35.7 Å². The van der Waals surface area contributed by atoms with Gasteiger partial charge in [0.05, 0.1) is 6.04 Å². The van der Waals surface area contributed by atoms with Gasteiger partial charge in [-0.15, -0.1) is 0 Å². The van der Waals surface area contributed by atoms with Crippen LogP contribution in [0.25, 0.3) is 5.82 Å². The van der Waals surface area contributed by atoms with Crippen molar-refractivity contribution >= 4 is 5.91 Å². The Morgan fingerprint density at radius 1 is 1.40 bits per heavy atom. The van der Waals surface area contributed by atoms with Crippen molar-refractivity contribution in [3.05, 3.63) is 36.5 Å². The van der Waals surface area contributed by atoms with E-state index in [-0.39, 0.29) is 17.4 Å². The van der Waals surface area contributed by atoms with Gasteiger partial charge >= 0.3 is 0 Å². The molecule has 8 heteroatoms. The van der Waals surface area contributed by atoms with Gasteiger partial charge in [-0.3, -0.25) is 4.79 Å². The molecule has 0 saturated carbocycles. The van der Waals surface area contributed by atoms with E-state index < -0.39 is 0 Å². The minimum absolute atomic E-state index is 0.0591. The number of piperidine rings is 1. The largest absolute Gasteiger partial charge is 0.351 e. The third kappa shape index (κ3) is 3.40. The van der Waals surface area contributed by atoms with E-state index in [9.17, 15) is 4.79 Å². The maximum atomic E-state index is 12.6. The normalized spacial score (nSPS) is 22.2. The Morgan fingerprint density at radius 2 is 2.28 bits per heavy atom. The van der Waals surface area contributed by atoms with E-state index in [0.29, 0.717) is 12.4 Å². The molecule has 0 radical (unpaired) electrons. The molecule has 2 aromatic heterocycles. The van der Waals surface area contributed by atoms with Gasteiger partial charge in [-0.05, 0) is 43.8 Å². The predicted molar refractivity (Wildman–Crippen MR) is 91.9 cm³/mol. The molecule has 0 aliphatic carbocycles. The highest BCUT2D eigenvalue weighted by Crippen LogP contribution is 2.37. The number of nitrogens with zero attached hydrogens (tertiary/aromatic N) is 4. The molecule has 2 aliphatic rings. The van der Waals surface area contributed by atoms with Crippen molar-refractivity contribution in [2.24, 2.45) is 5.41 Å². The van der Waals surface area contributed by atoms with Gasteiger partial charge in [0.1, 0.15) is 12.7 Å². The standard InChI is InChI=1S/C17H23N7O/c25-16(14-8-17(10-22-14)3-6-18-7-4-17)21-9-13-2-1-5-20-15(13)24-12-19-11-23-24/h1-2,5,11-12,14,18,22H,3-4,6-10H2,(H,21,25)/t14-/m0/s1. The molecular weight excluding hydrogens is 318 g/mol. The lowest BCUT2D eigenvalue weighted by atomic mass is 9.77. The molecule has 1 amide bonds. The molecule has 2 fully saturated rings. The summed E-state index contributed by atoms with van der Waals surface area (Å²) in [6, 6.07) is 3.70. The van der Waals surface area contributed by atoms with Gasteiger partial charge in [0, 0.05) is 24.8 Å². The van der Waals surface area contributed by atoms with Crippen LogP contribution in [0.4, 0.5) is 0 Å². The van der Waals surface area contributed by atoms with Gasteiger partial charge in [0.15, 0.2) is 5.82 Å². The van der Waals surface area contributed by atoms with Crippen molar-refractivity contribution in [2.75, 3.05) is 19.6 Å². The summed E-state index contributed by atoms with van der Waals surface area (Å²) in [6.45, 7) is 3.46. The van der Waals surface area contributed by atoms with E-state index in [4.69, 9.17) is 0 Å². The third-order valence-corrected chi connectivity index (χ3v) is 5.30. The maximum Gasteiger partial charge on any atom is 0.237 e. The van der Waals surface area contributed by atoms with Gasteiger partial charge in [-0.1, -0.05) is 6.07 Å². The fourth-order valence-electron chi connectivity index (χ4n) is 3.84. The summed E-state index contributed by atoms with van der Waals surface area (Å²) < 4.78 is 1.61.